The van der Waals surface area contributed by atoms with E-state index in [4.69, 9.17) is 10.8 Å². The van der Waals surface area contributed by atoms with Crippen LogP contribution in [0.15, 0.2) is 12.1 Å². The number of nitrogens with one attached hydrogen (secondary N) is 1. The smallest absolute Gasteiger partial charge is 0.338 e. The van der Waals surface area contributed by atoms with Gasteiger partial charge < -0.3 is 16.2 Å². The number of nitrogens with two attached hydrogens (primary N) is 1. The molecule has 1 aromatic carbocycles. The quantitative estimate of drug-likeness (QED) is 0.706. The lowest BCUT2D eigenvalue weighted by atomic mass is 9.90. The van der Waals surface area contributed by atoms with Crippen LogP contribution in [0, 0.1) is 11.2 Å². The summed E-state index contributed by atoms with van der Waals surface area (Å²) in [7, 11) is 0. The molecule has 0 aromatic heterocycles. The van der Waals surface area contributed by atoms with Gasteiger partial charge in [-0.25, -0.2) is 9.18 Å². The first-order valence-electron chi connectivity index (χ1n) is 5.83. The SMILES string of the molecule is CCC(C)(C)CNc1cc(F)c(C(=O)O)cc1N. The molecule has 4 N–H and O–H groups in total. The maximum absolute atomic E-state index is 13.5. The summed E-state index contributed by atoms with van der Waals surface area (Å²) < 4.78 is 13.5. The highest BCUT2D eigenvalue weighted by Crippen LogP contribution is 2.26. The van der Waals surface area contributed by atoms with Gasteiger partial charge in [-0.05, 0) is 24.0 Å². The minimum atomic E-state index is -1.32. The molecule has 0 aliphatic heterocycles. The maximum atomic E-state index is 13.5. The van der Waals surface area contributed by atoms with Crippen LogP contribution in [0.25, 0.3) is 0 Å². The Bertz CT molecular complexity index is 459. The summed E-state index contributed by atoms with van der Waals surface area (Å²) in [6, 6.07) is 2.27. The maximum Gasteiger partial charge on any atom is 0.338 e. The molecule has 0 radical (unpaired) electrons. The van der Waals surface area contributed by atoms with Crippen LogP contribution >= 0.6 is 0 Å². The molecule has 0 aliphatic carbocycles. The number of aromatic carboxylic acids is 1. The molecule has 100 valence electrons. The number of benzene rings is 1. The van der Waals surface area contributed by atoms with Crippen LogP contribution in [-0.4, -0.2) is 17.6 Å². The van der Waals surface area contributed by atoms with Crippen molar-refractivity contribution in [3.05, 3.63) is 23.5 Å². The van der Waals surface area contributed by atoms with Crippen molar-refractivity contribution in [3.63, 3.8) is 0 Å². The van der Waals surface area contributed by atoms with Crippen molar-refractivity contribution in [2.45, 2.75) is 27.2 Å². The molecule has 0 amide bonds. The number of nitrogen functional groups attached to an aromatic ring is 1. The number of carboxylic acid groups (broad SMARTS) is 1. The summed E-state index contributed by atoms with van der Waals surface area (Å²) in [5, 5.41) is 11.8. The summed E-state index contributed by atoms with van der Waals surface area (Å²) in [5.41, 5.74) is 6.03. The average Bonchev–Trinajstić information content (AvgIpc) is 2.29. The highest BCUT2D eigenvalue weighted by molar-refractivity contribution is 5.90. The highest BCUT2D eigenvalue weighted by Gasteiger charge is 2.17. The second kappa shape index (κ2) is 5.25. The predicted octanol–water partition coefficient (Wildman–Crippen LogP) is 2.95. The van der Waals surface area contributed by atoms with E-state index in [0.717, 1.165) is 18.6 Å². The zero-order valence-corrected chi connectivity index (χ0v) is 10.9. The monoisotopic (exact) mass is 254 g/mol. The first kappa shape index (κ1) is 14.3. The molecule has 1 rings (SSSR count). The Balaban J connectivity index is 2.92. The first-order valence-corrected chi connectivity index (χ1v) is 5.83. The molecule has 0 saturated carbocycles. The van der Waals surface area contributed by atoms with Crippen LogP contribution in [-0.2, 0) is 0 Å². The van der Waals surface area contributed by atoms with Gasteiger partial charge in [-0.2, -0.15) is 0 Å². The summed E-state index contributed by atoms with van der Waals surface area (Å²) in [4.78, 5) is 10.7. The minimum absolute atomic E-state index is 0.0639. The Kier molecular flexibility index (Phi) is 4.16. The molecule has 0 unspecified atom stereocenters. The molecule has 0 saturated heterocycles. The Morgan fingerprint density at radius 1 is 1.50 bits per heavy atom. The summed E-state index contributed by atoms with van der Waals surface area (Å²) in [6.07, 6.45) is 0.968. The minimum Gasteiger partial charge on any atom is -0.478 e. The second-order valence-electron chi connectivity index (χ2n) is 5.10. The lowest BCUT2D eigenvalue weighted by Crippen LogP contribution is -2.22. The van der Waals surface area contributed by atoms with Gasteiger partial charge in [-0.1, -0.05) is 20.8 Å². The van der Waals surface area contributed by atoms with Crippen molar-refractivity contribution in [2.24, 2.45) is 5.41 Å². The molecule has 18 heavy (non-hydrogen) atoms. The van der Waals surface area contributed by atoms with Crippen molar-refractivity contribution in [2.75, 3.05) is 17.6 Å². The molecule has 0 bridgehead atoms. The predicted molar refractivity (Wildman–Crippen MR) is 70.3 cm³/mol. The fourth-order valence-electron chi connectivity index (χ4n) is 1.37. The molecule has 0 heterocycles. The lowest BCUT2D eigenvalue weighted by molar-refractivity contribution is 0.0692. The third-order valence-electron chi connectivity index (χ3n) is 3.08. The topological polar surface area (TPSA) is 75.3 Å². The molecule has 5 heteroatoms. The van der Waals surface area contributed by atoms with Gasteiger partial charge in [0.25, 0.3) is 0 Å². The van der Waals surface area contributed by atoms with E-state index in [-0.39, 0.29) is 11.1 Å². The van der Waals surface area contributed by atoms with E-state index in [9.17, 15) is 9.18 Å². The fraction of sp³-hybridized carbons (Fsp3) is 0.462. The van der Waals surface area contributed by atoms with E-state index in [1.165, 1.54) is 0 Å². The van der Waals surface area contributed by atoms with Gasteiger partial charge in [-0.3, -0.25) is 0 Å². The number of hydrogen-bond donors (Lipinski definition) is 3. The molecule has 1 aromatic rings. The van der Waals surface area contributed by atoms with Gasteiger partial charge in [0.2, 0.25) is 0 Å². The van der Waals surface area contributed by atoms with Gasteiger partial charge in [0.1, 0.15) is 5.82 Å². The fourth-order valence-corrected chi connectivity index (χ4v) is 1.37. The van der Waals surface area contributed by atoms with E-state index in [1.54, 1.807) is 0 Å². The first-order chi connectivity index (χ1) is 8.26. The van der Waals surface area contributed by atoms with E-state index < -0.39 is 17.3 Å². The van der Waals surface area contributed by atoms with Crippen LogP contribution < -0.4 is 11.1 Å². The van der Waals surface area contributed by atoms with E-state index in [2.05, 4.69) is 26.1 Å². The Hall–Kier alpha value is -1.78. The number of carbonyl (C=O) groups is 1. The van der Waals surface area contributed by atoms with Crippen molar-refractivity contribution in [3.8, 4) is 0 Å². The van der Waals surface area contributed by atoms with Crippen molar-refractivity contribution in [1.29, 1.82) is 0 Å². The lowest BCUT2D eigenvalue weighted by Gasteiger charge is -2.24. The van der Waals surface area contributed by atoms with Gasteiger partial charge in [-0.15, -0.1) is 0 Å². The van der Waals surface area contributed by atoms with E-state index >= 15 is 0 Å². The standard InChI is InChI=1S/C13H19FN2O2/c1-4-13(2,3)7-16-11-6-9(14)8(12(17)18)5-10(11)15/h5-6,16H,4,7,15H2,1-3H3,(H,17,18). The molecule has 0 atom stereocenters. The van der Waals surface area contributed by atoms with Gasteiger partial charge in [0, 0.05) is 6.54 Å². The van der Waals surface area contributed by atoms with Crippen LogP contribution in [0.4, 0.5) is 15.8 Å². The third kappa shape index (κ3) is 3.35. The number of rotatable bonds is 5. The van der Waals surface area contributed by atoms with Gasteiger partial charge in [0.15, 0.2) is 0 Å². The zero-order valence-electron chi connectivity index (χ0n) is 10.9. The van der Waals surface area contributed by atoms with Crippen LogP contribution in [0.2, 0.25) is 0 Å². The number of anilines is 2. The van der Waals surface area contributed by atoms with E-state index in [0.29, 0.717) is 12.2 Å². The summed E-state index contributed by atoms with van der Waals surface area (Å²) >= 11 is 0. The highest BCUT2D eigenvalue weighted by atomic mass is 19.1. The largest absolute Gasteiger partial charge is 0.478 e. The van der Waals surface area contributed by atoms with Crippen LogP contribution in [0.1, 0.15) is 37.6 Å². The number of hydrogen-bond acceptors (Lipinski definition) is 3. The second-order valence-corrected chi connectivity index (χ2v) is 5.10. The molecular formula is C13H19FN2O2. The third-order valence-corrected chi connectivity index (χ3v) is 3.08. The van der Waals surface area contributed by atoms with Crippen LogP contribution in [0.3, 0.4) is 0 Å². The Morgan fingerprint density at radius 2 is 2.11 bits per heavy atom. The number of carboxylic acids is 1. The molecule has 0 spiro atoms. The summed E-state index contributed by atoms with van der Waals surface area (Å²) in [5.74, 6) is -2.10. The van der Waals surface area contributed by atoms with Crippen molar-refractivity contribution >= 4 is 17.3 Å². The normalized spacial score (nSPS) is 11.3. The van der Waals surface area contributed by atoms with Crippen molar-refractivity contribution < 1.29 is 14.3 Å². The Morgan fingerprint density at radius 3 is 2.61 bits per heavy atom. The van der Waals surface area contributed by atoms with E-state index in [1.807, 2.05) is 0 Å². The molecule has 0 aliphatic rings. The zero-order chi connectivity index (χ0) is 13.9. The van der Waals surface area contributed by atoms with Crippen LogP contribution in [0.5, 0.6) is 0 Å². The van der Waals surface area contributed by atoms with Gasteiger partial charge >= 0.3 is 5.97 Å². The Labute approximate surface area is 106 Å². The average molecular weight is 254 g/mol. The van der Waals surface area contributed by atoms with Gasteiger partial charge in [0.05, 0.1) is 16.9 Å². The molecule has 0 fully saturated rings. The summed E-state index contributed by atoms with van der Waals surface area (Å²) in [6.45, 7) is 6.87. The molecular weight excluding hydrogens is 235 g/mol. The number of halogens is 1. The molecule has 4 nitrogen and oxygen atoms in total. The van der Waals surface area contributed by atoms with Crippen molar-refractivity contribution in [1.82, 2.24) is 0 Å².